The van der Waals surface area contributed by atoms with Gasteiger partial charge in [0.1, 0.15) is 5.82 Å². The van der Waals surface area contributed by atoms with Gasteiger partial charge in [0.15, 0.2) is 11.5 Å². The molecule has 4 aromatic rings. The van der Waals surface area contributed by atoms with E-state index in [2.05, 4.69) is 27.1 Å². The number of rotatable bonds is 4. The van der Waals surface area contributed by atoms with Gasteiger partial charge in [0, 0.05) is 11.9 Å². The smallest absolute Gasteiger partial charge is 0.211 e. The summed E-state index contributed by atoms with van der Waals surface area (Å²) in [5, 5.41) is 12.6. The summed E-state index contributed by atoms with van der Waals surface area (Å²) in [5.74, 6) is 0.612. The molecule has 0 aliphatic rings. The third kappa shape index (κ3) is 2.52. The number of aryl methyl sites for hydroxylation is 1. The van der Waals surface area contributed by atoms with Gasteiger partial charge in [0.05, 0.1) is 11.1 Å². The Morgan fingerprint density at radius 2 is 2.04 bits per heavy atom. The Balaban J connectivity index is 2.08. The van der Waals surface area contributed by atoms with Crippen LogP contribution in [-0.2, 0) is 0 Å². The van der Waals surface area contributed by atoms with E-state index >= 15 is 0 Å². The highest BCUT2D eigenvalue weighted by molar-refractivity contribution is 5.93. The van der Waals surface area contributed by atoms with E-state index in [1.165, 1.54) is 6.07 Å². The molecule has 2 aromatic heterocycles. The molecular weight excluding hydrogens is 317 g/mol. The summed E-state index contributed by atoms with van der Waals surface area (Å²) in [7, 11) is 0. The molecule has 5 nitrogen and oxygen atoms in total. The lowest BCUT2D eigenvalue weighted by Crippen LogP contribution is -2.08. The fourth-order valence-corrected chi connectivity index (χ4v) is 2.85. The first-order chi connectivity index (χ1) is 12.2. The molecule has 0 saturated heterocycles. The predicted octanol–water partition coefficient (Wildman–Crippen LogP) is 3.99. The van der Waals surface area contributed by atoms with Crippen molar-refractivity contribution in [3.05, 3.63) is 66.5 Å². The summed E-state index contributed by atoms with van der Waals surface area (Å²) in [6.07, 6.45) is 1.74. The van der Waals surface area contributed by atoms with Gasteiger partial charge in [0.25, 0.3) is 0 Å². The van der Waals surface area contributed by atoms with Crippen LogP contribution in [0.5, 0.6) is 0 Å². The highest BCUT2D eigenvalue weighted by Gasteiger charge is 2.18. The van der Waals surface area contributed by atoms with Crippen LogP contribution in [0.1, 0.15) is 5.56 Å². The highest BCUT2D eigenvalue weighted by atomic mass is 19.1. The quantitative estimate of drug-likeness (QED) is 0.574. The number of hydrogen-bond acceptors (Lipinski definition) is 4. The molecule has 0 saturated carbocycles. The highest BCUT2D eigenvalue weighted by Crippen LogP contribution is 2.28. The van der Waals surface area contributed by atoms with Crippen molar-refractivity contribution in [3.8, 4) is 11.4 Å². The van der Waals surface area contributed by atoms with E-state index < -0.39 is 0 Å². The fourth-order valence-electron chi connectivity index (χ4n) is 2.85. The first-order valence-electron chi connectivity index (χ1n) is 7.94. The molecule has 0 amide bonds. The summed E-state index contributed by atoms with van der Waals surface area (Å²) in [5.41, 5.74) is 2.92. The van der Waals surface area contributed by atoms with Crippen molar-refractivity contribution in [2.75, 3.05) is 11.9 Å². The van der Waals surface area contributed by atoms with Gasteiger partial charge in [-0.2, -0.15) is 0 Å². The largest absolute Gasteiger partial charge is 0.352 e. The van der Waals surface area contributed by atoms with Gasteiger partial charge < -0.3 is 5.32 Å². The number of hydrogen-bond donors (Lipinski definition) is 1. The van der Waals surface area contributed by atoms with Crippen LogP contribution in [0.25, 0.3) is 27.9 Å². The summed E-state index contributed by atoms with van der Waals surface area (Å²) in [6, 6.07) is 12.5. The molecular formula is C19H16FN5. The minimum atomic E-state index is -0.351. The number of aromatic nitrogens is 4. The second-order valence-corrected chi connectivity index (χ2v) is 5.79. The van der Waals surface area contributed by atoms with Crippen molar-refractivity contribution in [1.29, 1.82) is 0 Å². The second kappa shape index (κ2) is 5.98. The van der Waals surface area contributed by atoms with Crippen LogP contribution in [-0.4, -0.2) is 26.1 Å². The fraction of sp³-hybridized carbons (Fsp3) is 0.105. The summed E-state index contributed by atoms with van der Waals surface area (Å²) < 4.78 is 16.1. The van der Waals surface area contributed by atoms with Gasteiger partial charge in [-0.3, -0.25) is 0 Å². The van der Waals surface area contributed by atoms with Gasteiger partial charge >= 0.3 is 0 Å². The molecule has 0 aliphatic carbocycles. The van der Waals surface area contributed by atoms with Gasteiger partial charge in [-0.25, -0.2) is 13.8 Å². The molecule has 0 spiro atoms. The first kappa shape index (κ1) is 15.3. The molecule has 0 unspecified atom stereocenters. The van der Waals surface area contributed by atoms with Crippen LogP contribution < -0.4 is 5.32 Å². The van der Waals surface area contributed by atoms with E-state index in [-0.39, 0.29) is 5.82 Å². The third-order valence-electron chi connectivity index (χ3n) is 4.01. The number of benzene rings is 2. The Kier molecular flexibility index (Phi) is 3.65. The van der Waals surface area contributed by atoms with Crippen LogP contribution in [0.15, 0.2) is 55.1 Å². The maximum absolute atomic E-state index is 14.3. The van der Waals surface area contributed by atoms with Crippen LogP contribution in [0, 0.1) is 12.7 Å². The molecule has 2 aromatic carbocycles. The topological polar surface area (TPSA) is 55.1 Å². The Morgan fingerprint density at radius 1 is 1.20 bits per heavy atom. The zero-order valence-electron chi connectivity index (χ0n) is 13.7. The lowest BCUT2D eigenvalue weighted by molar-refractivity contribution is 0.629. The van der Waals surface area contributed by atoms with Crippen molar-refractivity contribution < 1.29 is 4.39 Å². The minimum Gasteiger partial charge on any atom is -0.352 e. The Morgan fingerprint density at radius 3 is 2.84 bits per heavy atom. The monoisotopic (exact) mass is 333 g/mol. The molecule has 0 radical (unpaired) electrons. The normalized spacial score (nSPS) is 11.1. The lowest BCUT2D eigenvalue weighted by Gasteiger charge is -2.11. The predicted molar refractivity (Wildman–Crippen MR) is 97.1 cm³/mol. The summed E-state index contributed by atoms with van der Waals surface area (Å²) >= 11 is 0. The van der Waals surface area contributed by atoms with Crippen molar-refractivity contribution in [3.63, 3.8) is 0 Å². The van der Waals surface area contributed by atoms with Gasteiger partial charge in [-0.1, -0.05) is 29.8 Å². The maximum atomic E-state index is 14.3. The average molecular weight is 333 g/mol. The summed E-state index contributed by atoms with van der Waals surface area (Å²) in [6.45, 7) is 6.25. The molecule has 2 heterocycles. The summed E-state index contributed by atoms with van der Waals surface area (Å²) in [4.78, 5) is 4.67. The van der Waals surface area contributed by atoms with Crippen LogP contribution >= 0.6 is 0 Å². The van der Waals surface area contributed by atoms with E-state index in [4.69, 9.17) is 0 Å². The van der Waals surface area contributed by atoms with E-state index in [1.807, 2.05) is 25.1 Å². The zero-order chi connectivity index (χ0) is 17.4. The molecule has 0 atom stereocenters. The molecule has 6 heteroatoms. The van der Waals surface area contributed by atoms with Gasteiger partial charge in [-0.15, -0.1) is 16.8 Å². The molecule has 25 heavy (non-hydrogen) atoms. The number of anilines is 1. The first-order valence-corrected chi connectivity index (χ1v) is 7.94. The Bertz CT molecular complexity index is 1100. The Labute approximate surface area is 143 Å². The number of fused-ring (bicyclic) bond motifs is 3. The van der Waals surface area contributed by atoms with Crippen LogP contribution in [0.2, 0.25) is 0 Å². The van der Waals surface area contributed by atoms with Gasteiger partial charge in [-0.05, 0) is 31.2 Å². The average Bonchev–Trinajstić information content (AvgIpc) is 3.06. The number of halogens is 1. The van der Waals surface area contributed by atoms with E-state index in [0.717, 1.165) is 16.5 Å². The Hall–Kier alpha value is -3.28. The van der Waals surface area contributed by atoms with E-state index in [0.29, 0.717) is 29.5 Å². The van der Waals surface area contributed by atoms with E-state index in [1.54, 1.807) is 28.7 Å². The molecule has 4 rings (SSSR count). The number of nitrogens with one attached hydrogen (secondary N) is 1. The minimum absolute atomic E-state index is 0.351. The van der Waals surface area contributed by atoms with Gasteiger partial charge in [0.2, 0.25) is 5.95 Å². The molecule has 0 aliphatic heterocycles. The third-order valence-corrected chi connectivity index (χ3v) is 4.01. The second-order valence-electron chi connectivity index (χ2n) is 5.79. The maximum Gasteiger partial charge on any atom is 0.211 e. The van der Waals surface area contributed by atoms with Crippen molar-refractivity contribution in [2.45, 2.75) is 6.92 Å². The standard InChI is InChI=1S/C19H16FN5/c1-3-10-21-19-22-16-9-8-12(2)11-14(16)18-24-23-17(25(18)19)13-6-4-5-7-15(13)20/h3-9,11H,1,10H2,2H3,(H,21,22). The van der Waals surface area contributed by atoms with Crippen LogP contribution in [0.4, 0.5) is 10.3 Å². The van der Waals surface area contributed by atoms with Crippen molar-refractivity contribution >= 4 is 22.5 Å². The SMILES string of the molecule is C=CCNc1nc2ccc(C)cc2c2nnc(-c3ccccc3F)n12. The molecule has 0 fully saturated rings. The number of nitrogens with zero attached hydrogens (tertiary/aromatic N) is 4. The zero-order valence-corrected chi connectivity index (χ0v) is 13.7. The van der Waals surface area contributed by atoms with E-state index in [9.17, 15) is 4.39 Å². The molecule has 124 valence electrons. The van der Waals surface area contributed by atoms with Crippen molar-refractivity contribution in [1.82, 2.24) is 19.6 Å². The lowest BCUT2D eigenvalue weighted by atomic mass is 10.1. The molecule has 1 N–H and O–H groups in total. The van der Waals surface area contributed by atoms with Crippen molar-refractivity contribution in [2.24, 2.45) is 0 Å². The van der Waals surface area contributed by atoms with Crippen LogP contribution in [0.3, 0.4) is 0 Å². The molecule has 0 bridgehead atoms.